The Bertz CT molecular complexity index is 403. The molecule has 0 aliphatic carbocycles. The van der Waals surface area contributed by atoms with E-state index in [0.717, 1.165) is 51.7 Å². The maximum absolute atomic E-state index is 12.4. The third-order valence-electron chi connectivity index (χ3n) is 5.05. The summed E-state index contributed by atoms with van der Waals surface area (Å²) in [6, 6.07) is -0.0167. The van der Waals surface area contributed by atoms with Crippen LogP contribution < -0.4 is 10.6 Å². The van der Waals surface area contributed by atoms with Crippen LogP contribution in [0.4, 0.5) is 0 Å². The number of rotatable bonds is 4. The summed E-state index contributed by atoms with van der Waals surface area (Å²) >= 11 is 0. The third-order valence-corrected chi connectivity index (χ3v) is 5.05. The average Bonchev–Trinajstić information content (AvgIpc) is 3.25. The Morgan fingerprint density at radius 2 is 2.14 bits per heavy atom. The summed E-state index contributed by atoms with van der Waals surface area (Å²) in [5.41, 5.74) is 0. The van der Waals surface area contributed by atoms with E-state index >= 15 is 0 Å². The normalized spacial score (nSPS) is 32.2. The zero-order valence-corrected chi connectivity index (χ0v) is 13.2. The second-order valence-electron chi connectivity index (χ2n) is 6.75. The van der Waals surface area contributed by atoms with E-state index in [0.29, 0.717) is 25.7 Å². The van der Waals surface area contributed by atoms with Crippen molar-refractivity contribution in [2.45, 2.75) is 38.1 Å². The molecule has 124 valence electrons. The van der Waals surface area contributed by atoms with Gasteiger partial charge in [0.05, 0.1) is 18.6 Å². The van der Waals surface area contributed by atoms with E-state index in [9.17, 15) is 9.59 Å². The zero-order chi connectivity index (χ0) is 15.4. The molecule has 3 saturated heterocycles. The zero-order valence-electron chi connectivity index (χ0n) is 13.2. The Hall–Kier alpha value is -1.14. The van der Waals surface area contributed by atoms with Gasteiger partial charge in [-0.05, 0) is 44.6 Å². The summed E-state index contributed by atoms with van der Waals surface area (Å²) < 4.78 is 5.32. The summed E-state index contributed by atoms with van der Waals surface area (Å²) in [5.74, 6) is 0.789. The fourth-order valence-corrected chi connectivity index (χ4v) is 3.70. The minimum Gasteiger partial charge on any atom is -0.381 e. The van der Waals surface area contributed by atoms with Gasteiger partial charge in [0, 0.05) is 26.2 Å². The van der Waals surface area contributed by atoms with E-state index in [4.69, 9.17) is 4.74 Å². The lowest BCUT2D eigenvalue weighted by molar-refractivity contribution is -0.137. The average molecular weight is 309 g/mol. The first-order valence-corrected chi connectivity index (χ1v) is 8.61. The topological polar surface area (TPSA) is 70.7 Å². The molecule has 2 amide bonds. The SMILES string of the molecule is O=C(NCC1CCCN(C(=O)C2CCOC2)C1)C1CCCN1. The highest BCUT2D eigenvalue weighted by Gasteiger charge is 2.31. The first kappa shape index (κ1) is 15.7. The standard InChI is InChI=1S/C16H27N3O3/c20-15(14-4-1-6-17-14)18-9-12-3-2-7-19(10-12)16(21)13-5-8-22-11-13/h12-14,17H,1-11H2,(H,18,20). The van der Waals surface area contributed by atoms with Crippen molar-refractivity contribution in [1.29, 1.82) is 0 Å². The van der Waals surface area contributed by atoms with Crippen LogP contribution in [-0.2, 0) is 14.3 Å². The molecule has 0 bridgehead atoms. The van der Waals surface area contributed by atoms with Crippen LogP contribution in [0.1, 0.15) is 32.1 Å². The smallest absolute Gasteiger partial charge is 0.237 e. The van der Waals surface area contributed by atoms with Crippen LogP contribution in [-0.4, -0.2) is 62.1 Å². The molecule has 3 aliphatic heterocycles. The van der Waals surface area contributed by atoms with Crippen molar-refractivity contribution in [2.24, 2.45) is 11.8 Å². The van der Waals surface area contributed by atoms with E-state index in [-0.39, 0.29) is 23.8 Å². The summed E-state index contributed by atoms with van der Waals surface area (Å²) in [5, 5.41) is 6.28. The van der Waals surface area contributed by atoms with Gasteiger partial charge in [0.1, 0.15) is 0 Å². The Morgan fingerprint density at radius 1 is 1.23 bits per heavy atom. The molecule has 6 heteroatoms. The molecule has 3 fully saturated rings. The Kier molecular flexibility index (Phi) is 5.31. The molecular formula is C16H27N3O3. The Morgan fingerprint density at radius 3 is 2.86 bits per heavy atom. The van der Waals surface area contributed by atoms with Crippen molar-refractivity contribution >= 4 is 11.8 Å². The van der Waals surface area contributed by atoms with Crippen molar-refractivity contribution in [3.05, 3.63) is 0 Å². The minimum atomic E-state index is -0.0167. The van der Waals surface area contributed by atoms with Gasteiger partial charge >= 0.3 is 0 Å². The van der Waals surface area contributed by atoms with Gasteiger partial charge in [-0.1, -0.05) is 0 Å². The van der Waals surface area contributed by atoms with Crippen LogP contribution in [0.3, 0.4) is 0 Å². The molecule has 0 spiro atoms. The molecule has 22 heavy (non-hydrogen) atoms. The van der Waals surface area contributed by atoms with Gasteiger partial charge in [0.25, 0.3) is 0 Å². The quantitative estimate of drug-likeness (QED) is 0.774. The van der Waals surface area contributed by atoms with Crippen molar-refractivity contribution in [3.8, 4) is 0 Å². The maximum Gasteiger partial charge on any atom is 0.237 e. The van der Waals surface area contributed by atoms with Crippen molar-refractivity contribution in [3.63, 3.8) is 0 Å². The number of piperidine rings is 1. The van der Waals surface area contributed by atoms with E-state index in [1.165, 1.54) is 0 Å². The van der Waals surface area contributed by atoms with Crippen molar-refractivity contribution in [2.75, 3.05) is 39.4 Å². The summed E-state index contributed by atoms with van der Waals surface area (Å²) in [6.07, 6.45) is 4.98. The summed E-state index contributed by atoms with van der Waals surface area (Å²) in [7, 11) is 0. The predicted molar refractivity (Wildman–Crippen MR) is 82.3 cm³/mol. The molecule has 0 saturated carbocycles. The van der Waals surface area contributed by atoms with Crippen molar-refractivity contribution < 1.29 is 14.3 Å². The second-order valence-corrected chi connectivity index (χ2v) is 6.75. The monoisotopic (exact) mass is 309 g/mol. The van der Waals surface area contributed by atoms with Crippen LogP contribution >= 0.6 is 0 Å². The number of hydrogen-bond acceptors (Lipinski definition) is 4. The molecule has 3 aliphatic rings. The molecule has 3 unspecified atom stereocenters. The van der Waals surface area contributed by atoms with Gasteiger partial charge in [0.2, 0.25) is 11.8 Å². The molecule has 0 aromatic heterocycles. The minimum absolute atomic E-state index is 0.0167. The molecule has 3 rings (SSSR count). The third kappa shape index (κ3) is 3.79. The number of ether oxygens (including phenoxy) is 1. The lowest BCUT2D eigenvalue weighted by Gasteiger charge is -2.34. The number of carbonyl (C=O) groups is 2. The lowest BCUT2D eigenvalue weighted by Crippen LogP contribution is -2.48. The van der Waals surface area contributed by atoms with Gasteiger partial charge in [-0.3, -0.25) is 9.59 Å². The molecule has 0 radical (unpaired) electrons. The molecule has 0 aromatic carbocycles. The fraction of sp³-hybridized carbons (Fsp3) is 0.875. The first-order valence-electron chi connectivity index (χ1n) is 8.61. The van der Waals surface area contributed by atoms with Gasteiger partial charge < -0.3 is 20.3 Å². The van der Waals surface area contributed by atoms with Crippen LogP contribution in [0.5, 0.6) is 0 Å². The largest absolute Gasteiger partial charge is 0.381 e. The molecule has 6 nitrogen and oxygen atoms in total. The molecule has 0 aromatic rings. The molecule has 3 heterocycles. The van der Waals surface area contributed by atoms with Crippen molar-refractivity contribution in [1.82, 2.24) is 15.5 Å². The highest BCUT2D eigenvalue weighted by Crippen LogP contribution is 2.21. The number of nitrogens with zero attached hydrogens (tertiary/aromatic N) is 1. The van der Waals surface area contributed by atoms with Crippen LogP contribution in [0.25, 0.3) is 0 Å². The van der Waals surface area contributed by atoms with Gasteiger partial charge in [0.15, 0.2) is 0 Å². The van der Waals surface area contributed by atoms with Crippen LogP contribution in [0.15, 0.2) is 0 Å². The van der Waals surface area contributed by atoms with Crippen LogP contribution in [0.2, 0.25) is 0 Å². The molecular weight excluding hydrogens is 282 g/mol. The number of nitrogens with one attached hydrogen (secondary N) is 2. The van der Waals surface area contributed by atoms with Gasteiger partial charge in [-0.25, -0.2) is 0 Å². The Labute approximate surface area is 131 Å². The predicted octanol–water partition coefficient (Wildman–Crippen LogP) is 0.130. The molecule has 3 atom stereocenters. The summed E-state index contributed by atoms with van der Waals surface area (Å²) in [6.45, 7) is 4.52. The van der Waals surface area contributed by atoms with Crippen LogP contribution in [0, 0.1) is 11.8 Å². The molecule has 2 N–H and O–H groups in total. The lowest BCUT2D eigenvalue weighted by atomic mass is 9.96. The fourth-order valence-electron chi connectivity index (χ4n) is 3.70. The summed E-state index contributed by atoms with van der Waals surface area (Å²) in [4.78, 5) is 26.5. The highest BCUT2D eigenvalue weighted by atomic mass is 16.5. The highest BCUT2D eigenvalue weighted by molar-refractivity contribution is 5.82. The number of amides is 2. The van der Waals surface area contributed by atoms with E-state index in [2.05, 4.69) is 10.6 Å². The maximum atomic E-state index is 12.4. The number of carbonyl (C=O) groups excluding carboxylic acids is 2. The van der Waals surface area contributed by atoms with E-state index in [1.54, 1.807) is 0 Å². The Balaban J connectivity index is 1.43. The first-order chi connectivity index (χ1) is 10.7. The van der Waals surface area contributed by atoms with Gasteiger partial charge in [-0.15, -0.1) is 0 Å². The van der Waals surface area contributed by atoms with E-state index < -0.39 is 0 Å². The van der Waals surface area contributed by atoms with Gasteiger partial charge in [-0.2, -0.15) is 0 Å². The number of hydrogen-bond donors (Lipinski definition) is 2. The number of likely N-dealkylation sites (tertiary alicyclic amines) is 1. The van der Waals surface area contributed by atoms with E-state index in [1.807, 2.05) is 4.90 Å². The second kappa shape index (κ2) is 7.42.